The Morgan fingerprint density at radius 1 is 1.24 bits per heavy atom. The first-order chi connectivity index (χ1) is 8.13. The summed E-state index contributed by atoms with van der Waals surface area (Å²) in [7, 11) is 0. The van der Waals surface area contributed by atoms with E-state index in [1.807, 2.05) is 19.1 Å². The van der Waals surface area contributed by atoms with Crippen LogP contribution in [0, 0.1) is 6.92 Å². The first kappa shape index (κ1) is 13.8. The monoisotopic (exact) mass is 234 g/mol. The van der Waals surface area contributed by atoms with Crippen LogP contribution in [0.2, 0.25) is 0 Å². The van der Waals surface area contributed by atoms with E-state index in [0.29, 0.717) is 12.8 Å². The fraction of sp³-hybridized carbons (Fsp3) is 0.533. The van der Waals surface area contributed by atoms with Crippen molar-refractivity contribution < 1.29 is 9.90 Å². The molecule has 0 spiro atoms. The van der Waals surface area contributed by atoms with E-state index in [4.69, 9.17) is 0 Å². The van der Waals surface area contributed by atoms with Crippen LogP contribution < -0.4 is 0 Å². The summed E-state index contributed by atoms with van der Waals surface area (Å²) in [5.74, 6) is 0.465. The summed E-state index contributed by atoms with van der Waals surface area (Å²) in [5.41, 5.74) is 1.76. The zero-order chi connectivity index (χ0) is 12.7. The number of aromatic hydroxyl groups is 1. The Hall–Kier alpha value is -1.31. The normalized spacial score (nSPS) is 10.5. The molecule has 0 unspecified atom stereocenters. The van der Waals surface area contributed by atoms with Gasteiger partial charge in [0, 0.05) is 18.4 Å². The Balaban J connectivity index is 2.40. The second-order valence-electron chi connectivity index (χ2n) is 4.66. The van der Waals surface area contributed by atoms with Crippen LogP contribution in [-0.2, 0) is 11.2 Å². The minimum absolute atomic E-state index is 0.222. The number of hydrogen-bond acceptors (Lipinski definition) is 2. The molecule has 1 rings (SSSR count). The average molecular weight is 234 g/mol. The van der Waals surface area contributed by atoms with E-state index in [9.17, 15) is 9.90 Å². The molecule has 0 radical (unpaired) electrons. The van der Waals surface area contributed by atoms with Gasteiger partial charge in [-0.1, -0.05) is 38.3 Å². The predicted molar refractivity (Wildman–Crippen MR) is 70.3 cm³/mol. The van der Waals surface area contributed by atoms with Crippen LogP contribution >= 0.6 is 0 Å². The number of Topliss-reactive ketones (excluding diaryl/α,β-unsaturated/α-hetero) is 1. The lowest BCUT2D eigenvalue weighted by atomic mass is 10.0. The Labute approximate surface area is 104 Å². The van der Waals surface area contributed by atoms with Gasteiger partial charge in [0.15, 0.2) is 0 Å². The van der Waals surface area contributed by atoms with Gasteiger partial charge < -0.3 is 5.11 Å². The van der Waals surface area contributed by atoms with Gasteiger partial charge in [0.2, 0.25) is 0 Å². The second-order valence-corrected chi connectivity index (χ2v) is 4.66. The van der Waals surface area contributed by atoms with E-state index in [1.54, 1.807) is 6.07 Å². The molecule has 1 aromatic rings. The lowest BCUT2D eigenvalue weighted by Crippen LogP contribution is -2.02. The van der Waals surface area contributed by atoms with Crippen LogP contribution in [0.5, 0.6) is 5.75 Å². The maximum Gasteiger partial charge on any atom is 0.137 e. The highest BCUT2D eigenvalue weighted by atomic mass is 16.3. The molecule has 94 valence electrons. The fourth-order valence-electron chi connectivity index (χ4n) is 1.87. The van der Waals surface area contributed by atoms with Crippen LogP contribution in [0.15, 0.2) is 18.2 Å². The summed E-state index contributed by atoms with van der Waals surface area (Å²) >= 11 is 0. The van der Waals surface area contributed by atoms with E-state index in [0.717, 1.165) is 24.0 Å². The van der Waals surface area contributed by atoms with Crippen LogP contribution in [-0.4, -0.2) is 10.9 Å². The standard InChI is InChI=1S/C15H22O2/c1-3-4-5-6-7-14(16)11-13-9-8-12(2)10-15(13)17/h8-10,17H,3-7,11H2,1-2H3. The molecule has 0 amide bonds. The van der Waals surface area contributed by atoms with Crippen molar-refractivity contribution in [3.05, 3.63) is 29.3 Å². The summed E-state index contributed by atoms with van der Waals surface area (Å²) in [5, 5.41) is 9.70. The Morgan fingerprint density at radius 3 is 2.65 bits per heavy atom. The van der Waals surface area contributed by atoms with Gasteiger partial charge in [-0.25, -0.2) is 0 Å². The number of phenolic OH excluding ortho intramolecular Hbond substituents is 1. The topological polar surface area (TPSA) is 37.3 Å². The van der Waals surface area contributed by atoms with E-state index >= 15 is 0 Å². The molecule has 2 nitrogen and oxygen atoms in total. The van der Waals surface area contributed by atoms with Crippen molar-refractivity contribution in [2.75, 3.05) is 0 Å². The van der Waals surface area contributed by atoms with Crippen molar-refractivity contribution in [3.63, 3.8) is 0 Å². The molecule has 0 aromatic heterocycles. The summed E-state index contributed by atoms with van der Waals surface area (Å²) in [6.45, 7) is 4.09. The maximum atomic E-state index is 11.7. The third kappa shape index (κ3) is 5.03. The number of hydrogen-bond donors (Lipinski definition) is 1. The highest BCUT2D eigenvalue weighted by Crippen LogP contribution is 2.19. The van der Waals surface area contributed by atoms with Gasteiger partial charge in [-0.2, -0.15) is 0 Å². The molecule has 0 aliphatic rings. The molecule has 17 heavy (non-hydrogen) atoms. The third-order valence-electron chi connectivity index (χ3n) is 2.94. The number of phenols is 1. The second kappa shape index (κ2) is 7.10. The van der Waals surface area contributed by atoms with Crippen LogP contribution in [0.25, 0.3) is 0 Å². The molecule has 0 aliphatic heterocycles. The number of ketones is 1. The molecule has 0 saturated carbocycles. The first-order valence-electron chi connectivity index (χ1n) is 6.43. The largest absolute Gasteiger partial charge is 0.508 e. The molecular weight excluding hydrogens is 212 g/mol. The van der Waals surface area contributed by atoms with Gasteiger partial charge in [-0.05, 0) is 25.0 Å². The van der Waals surface area contributed by atoms with Crippen molar-refractivity contribution >= 4 is 5.78 Å². The number of benzene rings is 1. The van der Waals surface area contributed by atoms with Gasteiger partial charge in [-0.15, -0.1) is 0 Å². The Bertz CT molecular complexity index is 369. The zero-order valence-electron chi connectivity index (χ0n) is 10.8. The molecule has 0 heterocycles. The van der Waals surface area contributed by atoms with Crippen molar-refractivity contribution in [1.82, 2.24) is 0 Å². The number of carbonyl (C=O) groups excluding carboxylic acids is 1. The first-order valence-corrected chi connectivity index (χ1v) is 6.43. The zero-order valence-corrected chi connectivity index (χ0v) is 10.8. The van der Waals surface area contributed by atoms with Crippen LogP contribution in [0.1, 0.15) is 50.2 Å². The van der Waals surface area contributed by atoms with Gasteiger partial charge >= 0.3 is 0 Å². The minimum atomic E-state index is 0.222. The number of carbonyl (C=O) groups is 1. The van der Waals surface area contributed by atoms with E-state index in [-0.39, 0.29) is 11.5 Å². The quantitative estimate of drug-likeness (QED) is 0.729. The molecule has 0 aliphatic carbocycles. The van der Waals surface area contributed by atoms with E-state index in [2.05, 4.69) is 6.92 Å². The lowest BCUT2D eigenvalue weighted by molar-refractivity contribution is -0.118. The number of aryl methyl sites for hydroxylation is 1. The lowest BCUT2D eigenvalue weighted by Gasteiger charge is -2.05. The fourth-order valence-corrected chi connectivity index (χ4v) is 1.87. The summed E-state index contributed by atoms with van der Waals surface area (Å²) in [4.78, 5) is 11.7. The third-order valence-corrected chi connectivity index (χ3v) is 2.94. The molecule has 0 bridgehead atoms. The molecular formula is C15H22O2. The van der Waals surface area contributed by atoms with Gasteiger partial charge in [0.25, 0.3) is 0 Å². The average Bonchev–Trinajstić information content (AvgIpc) is 2.28. The summed E-state index contributed by atoms with van der Waals surface area (Å²) in [6.07, 6.45) is 5.48. The molecule has 1 N–H and O–H groups in total. The van der Waals surface area contributed by atoms with Crippen LogP contribution in [0.3, 0.4) is 0 Å². The highest BCUT2D eigenvalue weighted by molar-refractivity contribution is 5.81. The summed E-state index contributed by atoms with van der Waals surface area (Å²) < 4.78 is 0. The van der Waals surface area contributed by atoms with Crippen molar-refractivity contribution in [3.8, 4) is 5.75 Å². The van der Waals surface area contributed by atoms with E-state index < -0.39 is 0 Å². The van der Waals surface area contributed by atoms with Gasteiger partial charge in [0.05, 0.1) is 0 Å². The molecule has 1 aromatic carbocycles. The molecule has 0 saturated heterocycles. The van der Waals surface area contributed by atoms with Crippen molar-refractivity contribution in [2.45, 2.75) is 52.4 Å². The Morgan fingerprint density at radius 2 is 2.00 bits per heavy atom. The highest BCUT2D eigenvalue weighted by Gasteiger charge is 2.07. The molecule has 0 fully saturated rings. The van der Waals surface area contributed by atoms with Gasteiger partial charge in [0.1, 0.15) is 11.5 Å². The van der Waals surface area contributed by atoms with Crippen molar-refractivity contribution in [2.24, 2.45) is 0 Å². The maximum absolute atomic E-state index is 11.7. The van der Waals surface area contributed by atoms with E-state index in [1.165, 1.54) is 12.8 Å². The van der Waals surface area contributed by atoms with Crippen molar-refractivity contribution in [1.29, 1.82) is 0 Å². The minimum Gasteiger partial charge on any atom is -0.508 e. The van der Waals surface area contributed by atoms with Gasteiger partial charge in [-0.3, -0.25) is 4.79 Å². The Kier molecular flexibility index (Phi) is 5.75. The number of rotatable bonds is 7. The smallest absolute Gasteiger partial charge is 0.137 e. The SMILES string of the molecule is CCCCCCC(=O)Cc1ccc(C)cc1O. The molecule has 2 heteroatoms. The van der Waals surface area contributed by atoms with Crippen LogP contribution in [0.4, 0.5) is 0 Å². The predicted octanol–water partition coefficient (Wildman–Crippen LogP) is 3.78. The molecule has 0 atom stereocenters. The number of unbranched alkanes of at least 4 members (excludes halogenated alkanes) is 3. The summed E-state index contributed by atoms with van der Waals surface area (Å²) in [6, 6.07) is 5.48.